The molecule has 0 N–H and O–H groups in total. The van der Waals surface area contributed by atoms with Crippen molar-refractivity contribution in [3.63, 3.8) is 0 Å². The van der Waals surface area contributed by atoms with Crippen molar-refractivity contribution < 1.29 is 31.7 Å². The van der Waals surface area contributed by atoms with Crippen LogP contribution in [-0.4, -0.2) is 44.7 Å². The first kappa shape index (κ1) is 24.4. The average molecular weight is 512 g/mol. The van der Waals surface area contributed by atoms with Gasteiger partial charge >= 0.3 is 10.1 Å². The van der Waals surface area contributed by atoms with Crippen molar-refractivity contribution in [2.24, 2.45) is 0 Å². The van der Waals surface area contributed by atoms with E-state index in [1.54, 1.807) is 48.5 Å². The lowest BCUT2D eigenvalue weighted by atomic mass is 10.2. The molecule has 0 aromatic heterocycles. The van der Waals surface area contributed by atoms with Crippen LogP contribution >= 0.6 is 11.8 Å². The molecule has 0 bridgehead atoms. The zero-order valence-corrected chi connectivity index (χ0v) is 20.3. The van der Waals surface area contributed by atoms with Gasteiger partial charge in [0.1, 0.15) is 17.3 Å². The van der Waals surface area contributed by atoms with Gasteiger partial charge in [0.15, 0.2) is 11.5 Å². The monoisotopic (exact) mass is 511 g/mol. The van der Waals surface area contributed by atoms with Crippen molar-refractivity contribution in [1.82, 2.24) is 4.90 Å². The summed E-state index contributed by atoms with van der Waals surface area (Å²) in [5, 5.41) is -0.413. The molecular weight excluding hydrogens is 490 g/mol. The summed E-state index contributed by atoms with van der Waals surface area (Å²) < 4.78 is 41.1. The number of hydrogen-bond acceptors (Lipinski definition) is 8. The molecule has 0 radical (unpaired) electrons. The van der Waals surface area contributed by atoms with Crippen molar-refractivity contribution in [2.45, 2.75) is 4.90 Å². The summed E-state index contributed by atoms with van der Waals surface area (Å²) in [6, 6.07) is 21.1. The number of benzene rings is 3. The van der Waals surface area contributed by atoms with Gasteiger partial charge < -0.3 is 13.7 Å². The maximum absolute atomic E-state index is 12.8. The van der Waals surface area contributed by atoms with Crippen molar-refractivity contribution >= 4 is 39.1 Å². The van der Waals surface area contributed by atoms with Crippen LogP contribution in [0.3, 0.4) is 0 Å². The quantitative estimate of drug-likeness (QED) is 0.304. The molecule has 0 unspecified atom stereocenters. The summed E-state index contributed by atoms with van der Waals surface area (Å²) in [4.78, 5) is 26.5. The van der Waals surface area contributed by atoms with Crippen LogP contribution in [0.4, 0.5) is 4.79 Å². The number of amides is 2. The van der Waals surface area contributed by atoms with Crippen molar-refractivity contribution in [2.75, 3.05) is 20.3 Å². The molecule has 4 rings (SSSR count). The molecule has 1 heterocycles. The molecule has 2 amide bonds. The number of ether oxygens (including phenoxy) is 2. The van der Waals surface area contributed by atoms with Gasteiger partial charge in [-0.2, -0.15) is 8.42 Å². The van der Waals surface area contributed by atoms with E-state index in [1.807, 2.05) is 6.07 Å². The van der Waals surface area contributed by atoms with E-state index in [-0.39, 0.29) is 28.7 Å². The van der Waals surface area contributed by atoms with Crippen LogP contribution in [0.2, 0.25) is 0 Å². The lowest BCUT2D eigenvalue weighted by Gasteiger charge is -2.14. The van der Waals surface area contributed by atoms with Gasteiger partial charge in [-0.3, -0.25) is 14.5 Å². The van der Waals surface area contributed by atoms with E-state index in [0.29, 0.717) is 17.1 Å². The van der Waals surface area contributed by atoms with Crippen LogP contribution in [0.15, 0.2) is 88.7 Å². The van der Waals surface area contributed by atoms with E-state index in [4.69, 9.17) is 13.7 Å². The fourth-order valence-corrected chi connectivity index (χ4v) is 5.06. The third kappa shape index (κ3) is 5.84. The minimum atomic E-state index is -4.00. The van der Waals surface area contributed by atoms with Gasteiger partial charge in [0.05, 0.1) is 18.6 Å². The Hall–Kier alpha value is -3.76. The Morgan fingerprint density at radius 1 is 0.914 bits per heavy atom. The van der Waals surface area contributed by atoms with E-state index in [9.17, 15) is 18.0 Å². The minimum absolute atomic E-state index is 0.0295. The average Bonchev–Trinajstić information content (AvgIpc) is 3.12. The molecule has 0 atom stereocenters. The van der Waals surface area contributed by atoms with Crippen LogP contribution in [0, 0.1) is 0 Å². The Morgan fingerprint density at radius 3 is 2.37 bits per heavy atom. The highest BCUT2D eigenvalue weighted by Crippen LogP contribution is 2.33. The van der Waals surface area contributed by atoms with E-state index in [0.717, 1.165) is 16.7 Å². The Labute approximate surface area is 207 Å². The smallest absolute Gasteiger partial charge is 0.339 e. The Morgan fingerprint density at radius 2 is 1.63 bits per heavy atom. The van der Waals surface area contributed by atoms with E-state index < -0.39 is 21.3 Å². The van der Waals surface area contributed by atoms with Crippen LogP contribution < -0.4 is 13.7 Å². The Balaban J connectivity index is 1.43. The van der Waals surface area contributed by atoms with E-state index in [2.05, 4.69) is 0 Å². The van der Waals surface area contributed by atoms with Crippen LogP contribution in [0.25, 0.3) is 6.08 Å². The summed E-state index contributed by atoms with van der Waals surface area (Å²) in [6.07, 6.45) is 1.52. The number of carbonyl (C=O) groups excluding carboxylic acids is 2. The highest BCUT2D eigenvalue weighted by molar-refractivity contribution is 8.18. The van der Waals surface area contributed by atoms with Gasteiger partial charge in [0, 0.05) is 0 Å². The van der Waals surface area contributed by atoms with Gasteiger partial charge in [-0.25, -0.2) is 0 Å². The maximum atomic E-state index is 12.8. The second-order valence-electron chi connectivity index (χ2n) is 7.26. The molecule has 1 aliphatic heterocycles. The zero-order chi connectivity index (χ0) is 24.8. The SMILES string of the molecule is COc1ccccc1OCCN1C(=O)S/C(=C\c2cccc(OS(=O)(=O)c3ccccc3)c2)C1=O. The molecule has 3 aromatic rings. The first-order valence-electron chi connectivity index (χ1n) is 10.5. The lowest BCUT2D eigenvalue weighted by molar-refractivity contribution is -0.123. The Kier molecular flexibility index (Phi) is 7.42. The number of thioether (sulfide) groups is 1. The number of para-hydroxylation sites is 2. The summed E-state index contributed by atoms with van der Waals surface area (Å²) >= 11 is 0.806. The number of imide groups is 1. The highest BCUT2D eigenvalue weighted by Gasteiger charge is 2.34. The van der Waals surface area contributed by atoms with Gasteiger partial charge in [0.2, 0.25) is 0 Å². The highest BCUT2D eigenvalue weighted by atomic mass is 32.2. The molecule has 0 spiro atoms. The zero-order valence-electron chi connectivity index (χ0n) is 18.6. The van der Waals surface area contributed by atoms with E-state index >= 15 is 0 Å². The minimum Gasteiger partial charge on any atom is -0.493 e. The fourth-order valence-electron chi connectivity index (χ4n) is 3.25. The summed E-state index contributed by atoms with van der Waals surface area (Å²) in [6.45, 7) is 0.172. The fraction of sp³-hybridized carbons (Fsp3) is 0.120. The van der Waals surface area contributed by atoms with Gasteiger partial charge in [-0.15, -0.1) is 0 Å². The van der Waals surface area contributed by atoms with Gasteiger partial charge in [-0.05, 0) is 59.8 Å². The third-order valence-corrected chi connectivity index (χ3v) is 7.08. The molecule has 35 heavy (non-hydrogen) atoms. The van der Waals surface area contributed by atoms with Gasteiger partial charge in [-0.1, -0.05) is 42.5 Å². The second kappa shape index (κ2) is 10.7. The normalized spacial score (nSPS) is 14.9. The molecule has 1 saturated heterocycles. The Bertz CT molecular complexity index is 1370. The number of hydrogen-bond donors (Lipinski definition) is 0. The number of rotatable bonds is 9. The molecule has 10 heteroatoms. The van der Waals surface area contributed by atoms with Gasteiger partial charge in [0.25, 0.3) is 11.1 Å². The first-order valence-corrected chi connectivity index (χ1v) is 12.7. The third-order valence-electron chi connectivity index (χ3n) is 4.91. The summed E-state index contributed by atoms with van der Waals surface area (Å²) in [5.74, 6) is 0.705. The molecule has 8 nitrogen and oxygen atoms in total. The number of carbonyl (C=O) groups is 2. The van der Waals surface area contributed by atoms with Crippen LogP contribution in [0.5, 0.6) is 17.2 Å². The standard InChI is InChI=1S/C25H21NO7S2/c1-31-21-12-5-6-13-22(21)32-15-14-26-24(27)23(34-25(26)28)17-18-8-7-9-19(16-18)33-35(29,30)20-10-3-2-4-11-20/h2-13,16-17H,14-15H2,1H3/b23-17-. The first-order chi connectivity index (χ1) is 16.9. The molecule has 1 fully saturated rings. The predicted octanol–water partition coefficient (Wildman–Crippen LogP) is 4.58. The molecule has 1 aliphatic rings. The molecular formula is C25H21NO7S2. The van der Waals surface area contributed by atoms with Crippen LogP contribution in [-0.2, 0) is 14.9 Å². The predicted molar refractivity (Wildman–Crippen MR) is 132 cm³/mol. The van der Waals surface area contributed by atoms with Crippen molar-refractivity contribution in [3.05, 3.63) is 89.3 Å². The molecule has 3 aromatic carbocycles. The van der Waals surface area contributed by atoms with Crippen LogP contribution in [0.1, 0.15) is 5.56 Å². The van der Waals surface area contributed by atoms with Crippen molar-refractivity contribution in [1.29, 1.82) is 0 Å². The number of nitrogens with zero attached hydrogens (tertiary/aromatic N) is 1. The number of methoxy groups -OCH3 is 1. The van der Waals surface area contributed by atoms with Crippen molar-refractivity contribution in [3.8, 4) is 17.2 Å². The summed E-state index contributed by atoms with van der Waals surface area (Å²) in [5.41, 5.74) is 0.515. The second-order valence-corrected chi connectivity index (χ2v) is 9.80. The summed E-state index contributed by atoms with van der Waals surface area (Å²) in [7, 11) is -2.47. The molecule has 0 saturated carbocycles. The lowest BCUT2D eigenvalue weighted by Crippen LogP contribution is -2.32. The topological polar surface area (TPSA) is 99.2 Å². The van der Waals surface area contributed by atoms with E-state index in [1.165, 1.54) is 37.5 Å². The molecule has 0 aliphatic carbocycles. The maximum Gasteiger partial charge on any atom is 0.339 e. The largest absolute Gasteiger partial charge is 0.493 e. The molecule has 180 valence electrons.